The van der Waals surface area contributed by atoms with Crippen molar-refractivity contribution >= 4 is 22.8 Å². The zero-order valence-electron chi connectivity index (χ0n) is 13.9. The molecule has 2 aliphatic rings. The topological polar surface area (TPSA) is 70.8 Å². The standard InChI is InChI=1S/C19H21NO4/c1-10-6-13-8-16(24-15(13)7-11(10)2)18(21)20-9-12-4-3-5-14(12)17(20)19(22)23/h6-8,12,14,17H,3-5,9H2,1-2H3,(H,22,23). The van der Waals surface area contributed by atoms with E-state index in [9.17, 15) is 14.7 Å². The van der Waals surface area contributed by atoms with Crippen LogP contribution in [0.5, 0.6) is 0 Å². The Morgan fingerprint density at radius 2 is 1.92 bits per heavy atom. The molecule has 4 rings (SSSR count). The molecule has 0 bridgehead atoms. The highest BCUT2D eigenvalue weighted by molar-refractivity contribution is 5.98. The Labute approximate surface area is 140 Å². The lowest BCUT2D eigenvalue weighted by molar-refractivity contribution is -0.142. The first-order valence-electron chi connectivity index (χ1n) is 8.50. The Morgan fingerprint density at radius 3 is 2.67 bits per heavy atom. The zero-order valence-corrected chi connectivity index (χ0v) is 13.9. The maximum absolute atomic E-state index is 12.9. The van der Waals surface area contributed by atoms with E-state index >= 15 is 0 Å². The fourth-order valence-electron chi connectivity index (χ4n) is 4.38. The minimum absolute atomic E-state index is 0.0836. The Kier molecular flexibility index (Phi) is 3.41. The third kappa shape index (κ3) is 2.22. The molecule has 126 valence electrons. The molecule has 1 aromatic heterocycles. The predicted molar refractivity (Wildman–Crippen MR) is 89.0 cm³/mol. The Hall–Kier alpha value is -2.30. The van der Waals surface area contributed by atoms with Crippen molar-refractivity contribution in [3.63, 3.8) is 0 Å². The number of furan rings is 1. The monoisotopic (exact) mass is 327 g/mol. The Balaban J connectivity index is 1.69. The van der Waals surface area contributed by atoms with Crippen LogP contribution >= 0.6 is 0 Å². The van der Waals surface area contributed by atoms with Gasteiger partial charge < -0.3 is 14.4 Å². The number of benzene rings is 1. The average Bonchev–Trinajstić information content (AvgIpc) is 3.19. The summed E-state index contributed by atoms with van der Waals surface area (Å²) in [5, 5.41) is 10.5. The zero-order chi connectivity index (χ0) is 17.0. The predicted octanol–water partition coefficient (Wildman–Crippen LogP) is 3.37. The number of hydrogen-bond acceptors (Lipinski definition) is 3. The number of aliphatic carboxylic acids is 1. The van der Waals surface area contributed by atoms with Crippen LogP contribution in [0.4, 0.5) is 0 Å². The molecule has 1 aliphatic heterocycles. The van der Waals surface area contributed by atoms with Crippen molar-refractivity contribution in [3.8, 4) is 0 Å². The van der Waals surface area contributed by atoms with Gasteiger partial charge in [0.15, 0.2) is 5.76 Å². The minimum atomic E-state index is -0.902. The van der Waals surface area contributed by atoms with Gasteiger partial charge in [0.05, 0.1) is 0 Å². The van der Waals surface area contributed by atoms with E-state index in [-0.39, 0.29) is 17.6 Å². The first kappa shape index (κ1) is 15.2. The third-order valence-corrected chi connectivity index (χ3v) is 5.75. The molecule has 3 unspecified atom stereocenters. The maximum Gasteiger partial charge on any atom is 0.326 e. The van der Waals surface area contributed by atoms with E-state index in [0.717, 1.165) is 35.8 Å². The van der Waals surface area contributed by atoms with Gasteiger partial charge in [0.2, 0.25) is 0 Å². The van der Waals surface area contributed by atoms with Crippen molar-refractivity contribution in [1.82, 2.24) is 4.90 Å². The number of hydrogen-bond donors (Lipinski definition) is 1. The molecule has 0 spiro atoms. The summed E-state index contributed by atoms with van der Waals surface area (Å²) in [6.07, 6.45) is 2.96. The lowest BCUT2D eigenvalue weighted by Crippen LogP contribution is -2.43. The number of carboxylic acids is 1. The van der Waals surface area contributed by atoms with Gasteiger partial charge in [0.1, 0.15) is 11.6 Å². The summed E-state index contributed by atoms with van der Waals surface area (Å²) in [7, 11) is 0. The summed E-state index contributed by atoms with van der Waals surface area (Å²) >= 11 is 0. The van der Waals surface area contributed by atoms with Gasteiger partial charge in [0.25, 0.3) is 5.91 Å². The molecule has 1 amide bonds. The van der Waals surface area contributed by atoms with Crippen molar-refractivity contribution < 1.29 is 19.1 Å². The fraction of sp³-hybridized carbons (Fsp3) is 0.474. The third-order valence-electron chi connectivity index (χ3n) is 5.75. The lowest BCUT2D eigenvalue weighted by Gasteiger charge is -2.23. The highest BCUT2D eigenvalue weighted by atomic mass is 16.4. The van der Waals surface area contributed by atoms with E-state index in [0.29, 0.717) is 18.0 Å². The van der Waals surface area contributed by atoms with Gasteiger partial charge in [0, 0.05) is 11.9 Å². The first-order chi connectivity index (χ1) is 11.5. The van der Waals surface area contributed by atoms with Crippen LogP contribution < -0.4 is 0 Å². The summed E-state index contributed by atoms with van der Waals surface area (Å²) in [5.41, 5.74) is 2.92. The van der Waals surface area contributed by atoms with Crippen LogP contribution in [0.3, 0.4) is 0 Å². The van der Waals surface area contributed by atoms with E-state index < -0.39 is 12.0 Å². The second kappa shape index (κ2) is 5.36. The smallest absolute Gasteiger partial charge is 0.326 e. The summed E-state index contributed by atoms with van der Waals surface area (Å²) in [6, 6.07) is 4.94. The van der Waals surface area contributed by atoms with Gasteiger partial charge in [-0.05, 0) is 67.9 Å². The number of rotatable bonds is 2. The molecule has 2 fully saturated rings. The number of amides is 1. The summed E-state index contributed by atoms with van der Waals surface area (Å²) in [6.45, 7) is 4.54. The number of aryl methyl sites for hydroxylation is 2. The molecular weight excluding hydrogens is 306 g/mol. The van der Waals surface area contributed by atoms with Crippen molar-refractivity contribution in [1.29, 1.82) is 0 Å². The largest absolute Gasteiger partial charge is 0.480 e. The normalized spacial score (nSPS) is 26.1. The second-order valence-electron chi connectivity index (χ2n) is 7.18. The molecule has 24 heavy (non-hydrogen) atoms. The molecule has 0 radical (unpaired) electrons. The summed E-state index contributed by atoms with van der Waals surface area (Å²) in [5.74, 6) is -0.575. The first-order valence-corrected chi connectivity index (χ1v) is 8.50. The number of nitrogens with zero attached hydrogens (tertiary/aromatic N) is 1. The number of carboxylic acid groups (broad SMARTS) is 1. The molecule has 2 heterocycles. The van der Waals surface area contributed by atoms with E-state index in [2.05, 4.69) is 0 Å². The lowest BCUT2D eigenvalue weighted by atomic mass is 9.94. The highest BCUT2D eigenvalue weighted by Gasteiger charge is 2.50. The van der Waals surface area contributed by atoms with Gasteiger partial charge >= 0.3 is 5.97 Å². The molecule has 5 nitrogen and oxygen atoms in total. The van der Waals surface area contributed by atoms with E-state index in [1.807, 2.05) is 26.0 Å². The van der Waals surface area contributed by atoms with Gasteiger partial charge in [-0.3, -0.25) is 4.79 Å². The quantitative estimate of drug-likeness (QED) is 0.918. The van der Waals surface area contributed by atoms with E-state index in [1.165, 1.54) is 4.90 Å². The SMILES string of the molecule is Cc1cc2cc(C(=O)N3CC4CCCC4C3C(=O)O)oc2cc1C. The fourth-order valence-corrected chi connectivity index (χ4v) is 4.38. The molecule has 1 saturated carbocycles. The van der Waals surface area contributed by atoms with Crippen LogP contribution in [0.2, 0.25) is 0 Å². The van der Waals surface area contributed by atoms with Crippen molar-refractivity contribution in [3.05, 3.63) is 35.1 Å². The van der Waals surface area contributed by atoms with Crippen LogP contribution in [0.25, 0.3) is 11.0 Å². The van der Waals surface area contributed by atoms with Gasteiger partial charge in [-0.15, -0.1) is 0 Å². The van der Waals surface area contributed by atoms with E-state index in [4.69, 9.17) is 4.42 Å². The molecule has 1 saturated heterocycles. The van der Waals surface area contributed by atoms with Crippen molar-refractivity contribution in [2.45, 2.75) is 39.2 Å². The number of fused-ring (bicyclic) bond motifs is 2. The van der Waals surface area contributed by atoms with Crippen molar-refractivity contribution in [2.24, 2.45) is 11.8 Å². The average molecular weight is 327 g/mol. The number of carbonyl (C=O) groups is 2. The molecule has 1 aromatic carbocycles. The van der Waals surface area contributed by atoms with Crippen LogP contribution in [-0.2, 0) is 4.79 Å². The second-order valence-corrected chi connectivity index (χ2v) is 7.18. The minimum Gasteiger partial charge on any atom is -0.480 e. The molecular formula is C19H21NO4. The van der Waals surface area contributed by atoms with Crippen LogP contribution in [0.15, 0.2) is 22.6 Å². The molecule has 1 N–H and O–H groups in total. The van der Waals surface area contributed by atoms with Crippen LogP contribution in [-0.4, -0.2) is 34.5 Å². The Morgan fingerprint density at radius 1 is 1.17 bits per heavy atom. The van der Waals surface area contributed by atoms with Crippen LogP contribution in [0.1, 0.15) is 40.9 Å². The Bertz CT molecular complexity index is 798. The van der Waals surface area contributed by atoms with Crippen LogP contribution in [0, 0.1) is 25.7 Å². The highest BCUT2D eigenvalue weighted by Crippen LogP contribution is 2.43. The molecule has 3 atom stereocenters. The number of carbonyl (C=O) groups excluding carboxylic acids is 1. The van der Waals surface area contributed by atoms with E-state index in [1.54, 1.807) is 6.07 Å². The van der Waals surface area contributed by atoms with Crippen molar-refractivity contribution in [2.75, 3.05) is 6.54 Å². The van der Waals surface area contributed by atoms with Gasteiger partial charge in [-0.2, -0.15) is 0 Å². The molecule has 2 aromatic rings. The molecule has 5 heteroatoms. The maximum atomic E-state index is 12.9. The summed E-state index contributed by atoms with van der Waals surface area (Å²) < 4.78 is 5.74. The molecule has 1 aliphatic carbocycles. The van der Waals surface area contributed by atoms with Gasteiger partial charge in [-0.25, -0.2) is 4.79 Å². The van der Waals surface area contributed by atoms with Gasteiger partial charge in [-0.1, -0.05) is 6.42 Å². The summed E-state index contributed by atoms with van der Waals surface area (Å²) in [4.78, 5) is 26.1. The number of likely N-dealkylation sites (tertiary alicyclic amines) is 1.